The Hall–Kier alpha value is -1.14. The van der Waals surface area contributed by atoms with E-state index in [1.165, 1.54) is 0 Å². The third-order valence-corrected chi connectivity index (χ3v) is 2.45. The van der Waals surface area contributed by atoms with Crippen LogP contribution in [0.4, 0.5) is 0 Å². The number of piperazine rings is 1. The molecule has 0 aromatic rings. The number of carbonyl (C=O) groups is 2. The number of aliphatic carboxylic acids is 2. The predicted octanol–water partition coefficient (Wildman–Crippen LogP) is -0.546. The number of nitrogens with zero attached hydrogens (tertiary/aromatic N) is 1. The largest absolute Gasteiger partial charge is 0.473 e. The highest BCUT2D eigenvalue weighted by atomic mass is 16.4. The molecular formula is C9H18N2O4. The molecule has 0 saturated carbocycles. The van der Waals surface area contributed by atoms with Crippen LogP contribution in [0.1, 0.15) is 13.8 Å². The molecule has 0 spiro atoms. The molecule has 15 heavy (non-hydrogen) atoms. The molecule has 0 amide bonds. The summed E-state index contributed by atoms with van der Waals surface area (Å²) >= 11 is 0. The molecule has 0 aliphatic carbocycles. The monoisotopic (exact) mass is 218 g/mol. The summed E-state index contributed by atoms with van der Waals surface area (Å²) in [4.78, 5) is 20.6. The summed E-state index contributed by atoms with van der Waals surface area (Å²) in [5.74, 6) is -3.65. The Morgan fingerprint density at radius 3 is 1.67 bits per heavy atom. The summed E-state index contributed by atoms with van der Waals surface area (Å²) in [6, 6.07) is 1.41. The molecule has 0 bridgehead atoms. The zero-order valence-electron chi connectivity index (χ0n) is 9.23. The number of rotatable bonds is 0. The predicted molar refractivity (Wildman–Crippen MR) is 54.8 cm³/mol. The second-order valence-electron chi connectivity index (χ2n) is 3.63. The van der Waals surface area contributed by atoms with Crippen molar-refractivity contribution in [3.8, 4) is 0 Å². The van der Waals surface area contributed by atoms with Crippen molar-refractivity contribution in [2.75, 3.05) is 20.1 Å². The Bertz CT molecular complexity index is 210. The van der Waals surface area contributed by atoms with Crippen LogP contribution >= 0.6 is 0 Å². The van der Waals surface area contributed by atoms with Gasteiger partial charge < -0.3 is 15.5 Å². The van der Waals surface area contributed by atoms with E-state index in [0.29, 0.717) is 12.1 Å². The van der Waals surface area contributed by atoms with Crippen molar-refractivity contribution in [2.45, 2.75) is 25.9 Å². The van der Waals surface area contributed by atoms with E-state index in [1.54, 1.807) is 0 Å². The minimum absolute atomic E-state index is 0.703. The molecule has 1 fully saturated rings. The molecule has 1 heterocycles. The van der Waals surface area contributed by atoms with E-state index >= 15 is 0 Å². The van der Waals surface area contributed by atoms with Gasteiger partial charge in [-0.2, -0.15) is 0 Å². The van der Waals surface area contributed by atoms with Crippen LogP contribution in [0.25, 0.3) is 0 Å². The molecule has 1 aliphatic rings. The molecule has 6 nitrogen and oxygen atoms in total. The first-order valence-corrected chi connectivity index (χ1v) is 4.75. The SMILES string of the molecule is C[C@@H]1CNC[C@H](C)N1C.O=C(O)C(=O)O. The summed E-state index contributed by atoms with van der Waals surface area (Å²) in [6.07, 6.45) is 0. The van der Waals surface area contributed by atoms with Crippen molar-refractivity contribution in [3.05, 3.63) is 0 Å². The molecule has 3 N–H and O–H groups in total. The fraction of sp³-hybridized carbons (Fsp3) is 0.778. The first-order chi connectivity index (χ1) is 6.86. The maximum atomic E-state index is 9.10. The number of likely N-dealkylation sites (N-methyl/N-ethyl adjacent to an activating group) is 1. The van der Waals surface area contributed by atoms with E-state index in [4.69, 9.17) is 19.8 Å². The van der Waals surface area contributed by atoms with E-state index in [9.17, 15) is 0 Å². The maximum absolute atomic E-state index is 9.10. The number of carboxylic acid groups (broad SMARTS) is 2. The fourth-order valence-electron chi connectivity index (χ4n) is 1.22. The van der Waals surface area contributed by atoms with Crippen LogP contribution in [0.3, 0.4) is 0 Å². The van der Waals surface area contributed by atoms with Gasteiger partial charge in [0.05, 0.1) is 0 Å². The lowest BCUT2D eigenvalue weighted by atomic mass is 10.1. The fourth-order valence-corrected chi connectivity index (χ4v) is 1.22. The van der Waals surface area contributed by atoms with Crippen molar-refractivity contribution in [2.24, 2.45) is 0 Å². The van der Waals surface area contributed by atoms with Crippen LogP contribution in [-0.2, 0) is 9.59 Å². The standard InChI is InChI=1S/C7H16N2.C2H2O4/c1-6-4-8-5-7(2)9(6)3;3-1(4)2(5)6/h6-8H,4-5H2,1-3H3;(H,3,4)(H,5,6)/t6-,7+;. The van der Waals surface area contributed by atoms with Crippen LogP contribution in [-0.4, -0.2) is 59.3 Å². The van der Waals surface area contributed by atoms with Gasteiger partial charge in [0.2, 0.25) is 0 Å². The van der Waals surface area contributed by atoms with Crippen LogP contribution in [0.15, 0.2) is 0 Å². The molecule has 2 atom stereocenters. The van der Waals surface area contributed by atoms with E-state index < -0.39 is 11.9 Å². The van der Waals surface area contributed by atoms with Crippen molar-refractivity contribution in [1.82, 2.24) is 10.2 Å². The van der Waals surface area contributed by atoms with E-state index in [1.807, 2.05) is 0 Å². The Kier molecular flexibility index (Phi) is 5.88. The lowest BCUT2D eigenvalue weighted by Crippen LogP contribution is -2.52. The molecule has 0 aromatic heterocycles. The third-order valence-electron chi connectivity index (χ3n) is 2.45. The zero-order valence-corrected chi connectivity index (χ0v) is 9.23. The van der Waals surface area contributed by atoms with Crippen molar-refractivity contribution in [1.29, 1.82) is 0 Å². The normalized spacial score (nSPS) is 26.3. The Morgan fingerprint density at radius 1 is 1.13 bits per heavy atom. The average Bonchev–Trinajstić information content (AvgIpc) is 2.15. The topological polar surface area (TPSA) is 89.9 Å². The second-order valence-corrected chi connectivity index (χ2v) is 3.63. The molecular weight excluding hydrogens is 200 g/mol. The van der Waals surface area contributed by atoms with Gasteiger partial charge in [-0.15, -0.1) is 0 Å². The molecule has 0 aromatic carbocycles. The van der Waals surface area contributed by atoms with Crippen LogP contribution in [0, 0.1) is 0 Å². The molecule has 88 valence electrons. The highest BCUT2D eigenvalue weighted by molar-refractivity contribution is 6.27. The molecule has 1 aliphatic heterocycles. The Balaban J connectivity index is 0.000000288. The third kappa shape index (κ3) is 5.34. The Morgan fingerprint density at radius 2 is 1.47 bits per heavy atom. The number of hydrogen-bond acceptors (Lipinski definition) is 4. The summed E-state index contributed by atoms with van der Waals surface area (Å²) in [5.41, 5.74) is 0. The number of carboxylic acids is 2. The van der Waals surface area contributed by atoms with Gasteiger partial charge in [0.25, 0.3) is 0 Å². The average molecular weight is 218 g/mol. The van der Waals surface area contributed by atoms with Crippen molar-refractivity contribution in [3.63, 3.8) is 0 Å². The first kappa shape index (κ1) is 13.9. The molecule has 0 radical (unpaired) electrons. The summed E-state index contributed by atoms with van der Waals surface area (Å²) in [6.45, 7) is 6.78. The van der Waals surface area contributed by atoms with Gasteiger partial charge >= 0.3 is 11.9 Å². The first-order valence-electron chi connectivity index (χ1n) is 4.75. The van der Waals surface area contributed by atoms with Gasteiger partial charge in [-0.05, 0) is 20.9 Å². The number of nitrogens with one attached hydrogen (secondary N) is 1. The number of hydrogen-bond donors (Lipinski definition) is 3. The lowest BCUT2D eigenvalue weighted by molar-refractivity contribution is -0.159. The minimum Gasteiger partial charge on any atom is -0.473 e. The van der Waals surface area contributed by atoms with Gasteiger partial charge in [-0.1, -0.05) is 0 Å². The van der Waals surface area contributed by atoms with Crippen LogP contribution in [0.5, 0.6) is 0 Å². The van der Waals surface area contributed by atoms with Gasteiger partial charge in [-0.3, -0.25) is 4.90 Å². The highest BCUT2D eigenvalue weighted by Gasteiger charge is 2.19. The lowest BCUT2D eigenvalue weighted by Gasteiger charge is -2.36. The van der Waals surface area contributed by atoms with E-state index in [0.717, 1.165) is 13.1 Å². The highest BCUT2D eigenvalue weighted by Crippen LogP contribution is 2.04. The summed E-state index contributed by atoms with van der Waals surface area (Å²) in [7, 11) is 2.19. The zero-order chi connectivity index (χ0) is 12.0. The molecule has 6 heteroatoms. The van der Waals surface area contributed by atoms with Gasteiger partial charge in [0.1, 0.15) is 0 Å². The molecule has 1 saturated heterocycles. The van der Waals surface area contributed by atoms with Crippen LogP contribution in [0.2, 0.25) is 0 Å². The van der Waals surface area contributed by atoms with E-state index in [2.05, 4.69) is 31.1 Å². The quantitative estimate of drug-likeness (QED) is 0.473. The van der Waals surface area contributed by atoms with Crippen LogP contribution < -0.4 is 5.32 Å². The molecule has 0 unspecified atom stereocenters. The second kappa shape index (κ2) is 6.36. The minimum atomic E-state index is -1.82. The Labute approximate surface area is 88.9 Å². The molecule has 1 rings (SSSR count). The van der Waals surface area contributed by atoms with Gasteiger partial charge in [0.15, 0.2) is 0 Å². The van der Waals surface area contributed by atoms with Gasteiger partial charge in [0, 0.05) is 25.2 Å². The smallest absolute Gasteiger partial charge is 0.414 e. The van der Waals surface area contributed by atoms with Crippen molar-refractivity contribution < 1.29 is 19.8 Å². The summed E-state index contributed by atoms with van der Waals surface area (Å²) < 4.78 is 0. The van der Waals surface area contributed by atoms with Gasteiger partial charge in [-0.25, -0.2) is 9.59 Å². The van der Waals surface area contributed by atoms with Crippen molar-refractivity contribution >= 4 is 11.9 Å². The summed E-state index contributed by atoms with van der Waals surface area (Å²) in [5, 5.41) is 18.2. The van der Waals surface area contributed by atoms with E-state index in [-0.39, 0.29) is 0 Å². The maximum Gasteiger partial charge on any atom is 0.414 e.